The molecule has 1 unspecified atom stereocenters. The number of rotatable bonds is 5. The molecular formula is C11H18N2O3S2. The van der Waals surface area contributed by atoms with E-state index in [2.05, 4.69) is 5.32 Å². The number of hydrogen-bond donors (Lipinski definition) is 1. The van der Waals surface area contributed by atoms with E-state index < -0.39 is 10.0 Å². The molecule has 1 aromatic rings. The zero-order valence-electron chi connectivity index (χ0n) is 10.5. The number of sulfonamides is 1. The van der Waals surface area contributed by atoms with Gasteiger partial charge in [-0.2, -0.15) is 4.31 Å². The Kier molecular flexibility index (Phi) is 4.26. The van der Waals surface area contributed by atoms with Gasteiger partial charge in [0.25, 0.3) is 10.0 Å². The van der Waals surface area contributed by atoms with Gasteiger partial charge in [-0.05, 0) is 37.4 Å². The predicted molar refractivity (Wildman–Crippen MR) is 71.7 cm³/mol. The van der Waals surface area contributed by atoms with Crippen LogP contribution in [0.4, 0.5) is 0 Å². The van der Waals surface area contributed by atoms with Crippen LogP contribution in [0.2, 0.25) is 0 Å². The Labute approximate surface area is 112 Å². The lowest BCUT2D eigenvalue weighted by molar-refractivity contribution is 0.401. The van der Waals surface area contributed by atoms with Crippen LogP contribution in [-0.4, -0.2) is 46.5 Å². The summed E-state index contributed by atoms with van der Waals surface area (Å²) in [6, 6.07) is 1.69. The highest BCUT2D eigenvalue weighted by molar-refractivity contribution is 7.91. The van der Waals surface area contributed by atoms with Crippen molar-refractivity contribution in [3.63, 3.8) is 0 Å². The molecule has 102 valence electrons. The molecule has 0 amide bonds. The second-order valence-electron chi connectivity index (χ2n) is 4.35. The zero-order valence-corrected chi connectivity index (χ0v) is 12.2. The molecule has 0 saturated carbocycles. The fourth-order valence-electron chi connectivity index (χ4n) is 2.21. The van der Waals surface area contributed by atoms with Gasteiger partial charge in [0.05, 0.1) is 7.11 Å². The van der Waals surface area contributed by atoms with E-state index in [4.69, 9.17) is 4.74 Å². The Morgan fingerprint density at radius 2 is 2.39 bits per heavy atom. The minimum atomic E-state index is -3.39. The van der Waals surface area contributed by atoms with Gasteiger partial charge in [0, 0.05) is 13.1 Å². The molecule has 1 N–H and O–H groups in total. The van der Waals surface area contributed by atoms with E-state index in [1.165, 1.54) is 18.4 Å². The lowest BCUT2D eigenvalue weighted by Crippen LogP contribution is -2.30. The van der Waals surface area contributed by atoms with E-state index >= 15 is 0 Å². The summed E-state index contributed by atoms with van der Waals surface area (Å²) >= 11 is 1.21. The number of thiophene rings is 1. The van der Waals surface area contributed by atoms with Gasteiger partial charge in [-0.25, -0.2) is 8.42 Å². The van der Waals surface area contributed by atoms with Crippen LogP contribution in [0.15, 0.2) is 15.7 Å². The minimum absolute atomic E-state index is 0.315. The predicted octanol–water partition coefficient (Wildman–Crippen LogP) is 0.987. The van der Waals surface area contributed by atoms with Crippen molar-refractivity contribution in [2.45, 2.75) is 10.6 Å². The SMILES string of the molecule is CNCC1CCN(S(=O)(=O)c2sccc2OC)C1. The fourth-order valence-corrected chi connectivity index (χ4v) is 5.16. The van der Waals surface area contributed by atoms with Gasteiger partial charge in [0.15, 0.2) is 4.21 Å². The summed E-state index contributed by atoms with van der Waals surface area (Å²) < 4.78 is 31.9. The third-order valence-corrected chi connectivity index (χ3v) is 6.42. The molecule has 2 rings (SSSR count). The summed E-state index contributed by atoms with van der Waals surface area (Å²) in [6.07, 6.45) is 0.910. The maximum atomic E-state index is 12.5. The molecule has 1 aromatic heterocycles. The van der Waals surface area contributed by atoms with Crippen molar-refractivity contribution in [3.05, 3.63) is 11.4 Å². The van der Waals surface area contributed by atoms with Crippen LogP contribution >= 0.6 is 11.3 Å². The van der Waals surface area contributed by atoms with Gasteiger partial charge in [-0.3, -0.25) is 0 Å². The second-order valence-corrected chi connectivity index (χ2v) is 7.40. The first-order valence-electron chi connectivity index (χ1n) is 5.85. The number of ether oxygens (including phenoxy) is 1. The number of hydrogen-bond acceptors (Lipinski definition) is 5. The Hall–Kier alpha value is -0.630. The molecule has 0 radical (unpaired) electrons. The molecule has 1 saturated heterocycles. The van der Waals surface area contributed by atoms with Gasteiger partial charge in [0.1, 0.15) is 5.75 Å². The topological polar surface area (TPSA) is 58.6 Å². The van der Waals surface area contributed by atoms with Crippen LogP contribution in [0, 0.1) is 5.92 Å². The number of nitrogens with one attached hydrogen (secondary N) is 1. The third kappa shape index (κ3) is 2.54. The Morgan fingerprint density at radius 3 is 3.06 bits per heavy atom. The summed E-state index contributed by atoms with van der Waals surface area (Å²) in [5, 5.41) is 4.84. The van der Waals surface area contributed by atoms with Gasteiger partial charge in [-0.15, -0.1) is 11.3 Å². The molecule has 1 atom stereocenters. The molecule has 2 heterocycles. The first-order chi connectivity index (χ1) is 8.59. The lowest BCUT2D eigenvalue weighted by atomic mass is 10.1. The zero-order chi connectivity index (χ0) is 13.2. The first kappa shape index (κ1) is 13.8. The highest BCUT2D eigenvalue weighted by Crippen LogP contribution is 2.34. The van der Waals surface area contributed by atoms with Gasteiger partial charge in [-0.1, -0.05) is 0 Å². The van der Waals surface area contributed by atoms with E-state index in [1.807, 2.05) is 7.05 Å². The number of methoxy groups -OCH3 is 1. The molecule has 7 heteroatoms. The van der Waals surface area contributed by atoms with Crippen molar-refractivity contribution in [1.82, 2.24) is 9.62 Å². The van der Waals surface area contributed by atoms with Crippen LogP contribution in [0.3, 0.4) is 0 Å². The van der Waals surface area contributed by atoms with E-state index in [0.717, 1.165) is 13.0 Å². The normalized spacial score (nSPS) is 21.3. The van der Waals surface area contributed by atoms with Crippen molar-refractivity contribution in [2.75, 3.05) is 33.8 Å². The van der Waals surface area contributed by atoms with E-state index in [9.17, 15) is 8.42 Å². The lowest BCUT2D eigenvalue weighted by Gasteiger charge is -2.16. The van der Waals surface area contributed by atoms with Gasteiger partial charge in [0.2, 0.25) is 0 Å². The Balaban J connectivity index is 2.18. The van der Waals surface area contributed by atoms with Crippen LogP contribution in [0.25, 0.3) is 0 Å². The highest BCUT2D eigenvalue weighted by atomic mass is 32.2. The molecule has 1 fully saturated rings. The Bertz CT molecular complexity index is 498. The molecule has 5 nitrogen and oxygen atoms in total. The van der Waals surface area contributed by atoms with Crippen LogP contribution in [0.1, 0.15) is 6.42 Å². The van der Waals surface area contributed by atoms with Crippen molar-refractivity contribution in [3.8, 4) is 5.75 Å². The van der Waals surface area contributed by atoms with Crippen LogP contribution in [-0.2, 0) is 10.0 Å². The average Bonchev–Trinajstić information content (AvgIpc) is 2.97. The molecule has 0 aliphatic carbocycles. The van der Waals surface area contributed by atoms with Crippen molar-refractivity contribution in [2.24, 2.45) is 5.92 Å². The monoisotopic (exact) mass is 290 g/mol. The van der Waals surface area contributed by atoms with Gasteiger partial charge >= 0.3 is 0 Å². The quantitative estimate of drug-likeness (QED) is 0.878. The first-order valence-corrected chi connectivity index (χ1v) is 8.17. The summed E-state index contributed by atoms with van der Waals surface area (Å²) in [6.45, 7) is 2.04. The summed E-state index contributed by atoms with van der Waals surface area (Å²) in [7, 11) is -0.00703. The maximum absolute atomic E-state index is 12.5. The van der Waals surface area contributed by atoms with E-state index in [0.29, 0.717) is 29.0 Å². The summed E-state index contributed by atoms with van der Waals surface area (Å²) in [4.78, 5) is 0. The second kappa shape index (κ2) is 5.56. The highest BCUT2D eigenvalue weighted by Gasteiger charge is 2.34. The Morgan fingerprint density at radius 1 is 1.61 bits per heavy atom. The fraction of sp³-hybridized carbons (Fsp3) is 0.636. The molecule has 1 aliphatic rings. The molecule has 1 aliphatic heterocycles. The van der Waals surface area contributed by atoms with Crippen molar-refractivity contribution >= 4 is 21.4 Å². The van der Waals surface area contributed by atoms with E-state index in [-0.39, 0.29) is 0 Å². The van der Waals surface area contributed by atoms with Gasteiger partial charge < -0.3 is 10.1 Å². The smallest absolute Gasteiger partial charge is 0.256 e. The third-order valence-electron chi connectivity index (χ3n) is 3.13. The molecule has 0 bridgehead atoms. The van der Waals surface area contributed by atoms with Crippen LogP contribution < -0.4 is 10.1 Å². The summed E-state index contributed by atoms with van der Waals surface area (Å²) in [5.41, 5.74) is 0. The average molecular weight is 290 g/mol. The van der Waals surface area contributed by atoms with Crippen molar-refractivity contribution in [1.29, 1.82) is 0 Å². The molecule has 18 heavy (non-hydrogen) atoms. The minimum Gasteiger partial charge on any atom is -0.494 e. The maximum Gasteiger partial charge on any atom is 0.256 e. The molecule has 0 spiro atoms. The molecular weight excluding hydrogens is 272 g/mol. The standard InChI is InChI=1S/C11H18N2O3S2/c1-12-7-9-3-5-13(8-9)18(14,15)11-10(16-2)4-6-17-11/h4,6,9,12H,3,5,7-8H2,1-2H3. The largest absolute Gasteiger partial charge is 0.494 e. The molecule has 0 aromatic carbocycles. The van der Waals surface area contributed by atoms with E-state index in [1.54, 1.807) is 15.8 Å². The van der Waals surface area contributed by atoms with Crippen LogP contribution in [0.5, 0.6) is 5.75 Å². The van der Waals surface area contributed by atoms with Crippen molar-refractivity contribution < 1.29 is 13.2 Å². The number of nitrogens with zero attached hydrogens (tertiary/aromatic N) is 1. The summed E-state index contributed by atoms with van der Waals surface area (Å²) in [5.74, 6) is 0.841.